The number of hydrogen-bond acceptors (Lipinski definition) is 3. The second-order valence-corrected chi connectivity index (χ2v) is 7.79. The molecule has 2 aromatic rings. The number of ether oxygens (including phenoxy) is 1. The highest BCUT2D eigenvalue weighted by molar-refractivity contribution is 7.80. The van der Waals surface area contributed by atoms with Crippen LogP contribution in [0.25, 0.3) is 0 Å². The number of para-hydroxylation sites is 1. The Balaban J connectivity index is 1.24. The van der Waals surface area contributed by atoms with Gasteiger partial charge in [-0.1, -0.05) is 48.5 Å². The number of fused-ring (bicyclic) bond motifs is 1. The van der Waals surface area contributed by atoms with Crippen LogP contribution in [0, 0.1) is 0 Å². The minimum absolute atomic E-state index is 0.230. The third-order valence-electron chi connectivity index (χ3n) is 5.44. The number of hydrogen-bond donors (Lipinski definition) is 2. The molecular formula is C22H27N3OS. The summed E-state index contributed by atoms with van der Waals surface area (Å²) in [5.74, 6) is 0.971. The molecule has 2 heterocycles. The summed E-state index contributed by atoms with van der Waals surface area (Å²) in [5, 5.41) is 7.80. The molecule has 0 bridgehead atoms. The van der Waals surface area contributed by atoms with Crippen LogP contribution in [0.3, 0.4) is 0 Å². The second kappa shape index (κ2) is 8.72. The summed E-state index contributed by atoms with van der Waals surface area (Å²) in [6, 6.07) is 19.6. The summed E-state index contributed by atoms with van der Waals surface area (Å²) >= 11 is 5.60. The molecule has 2 aromatic carbocycles. The lowest BCUT2D eigenvalue weighted by Crippen LogP contribution is -2.48. The van der Waals surface area contributed by atoms with Gasteiger partial charge >= 0.3 is 0 Å². The molecule has 2 aliphatic heterocycles. The van der Waals surface area contributed by atoms with E-state index in [4.69, 9.17) is 17.0 Å². The first-order chi connectivity index (χ1) is 13.3. The molecule has 4 rings (SSSR count). The Labute approximate surface area is 166 Å². The highest BCUT2D eigenvalue weighted by atomic mass is 32.1. The van der Waals surface area contributed by atoms with Crippen LogP contribution < -0.4 is 15.4 Å². The fraction of sp³-hybridized carbons (Fsp3) is 0.409. The van der Waals surface area contributed by atoms with Crippen molar-refractivity contribution < 1.29 is 4.74 Å². The predicted octanol–water partition coefficient (Wildman–Crippen LogP) is 3.64. The van der Waals surface area contributed by atoms with Crippen LogP contribution in [0.5, 0.6) is 5.75 Å². The Hall–Kier alpha value is -2.11. The Bertz CT molecular complexity index is 759. The summed E-state index contributed by atoms with van der Waals surface area (Å²) in [6.07, 6.45) is 3.19. The topological polar surface area (TPSA) is 36.5 Å². The van der Waals surface area contributed by atoms with E-state index in [0.717, 1.165) is 56.4 Å². The van der Waals surface area contributed by atoms with Crippen LogP contribution in [-0.2, 0) is 6.54 Å². The molecule has 0 amide bonds. The van der Waals surface area contributed by atoms with Crippen LogP contribution in [0.15, 0.2) is 54.6 Å². The van der Waals surface area contributed by atoms with Gasteiger partial charge in [-0.15, -0.1) is 0 Å². The predicted molar refractivity (Wildman–Crippen MR) is 113 cm³/mol. The normalized spacial score (nSPS) is 20.4. The number of nitrogens with zero attached hydrogens (tertiary/aromatic N) is 1. The maximum absolute atomic E-state index is 5.74. The number of rotatable bonds is 4. The van der Waals surface area contributed by atoms with E-state index in [-0.39, 0.29) is 6.04 Å². The summed E-state index contributed by atoms with van der Waals surface area (Å²) in [6.45, 7) is 3.98. The van der Waals surface area contributed by atoms with Gasteiger partial charge in [0.1, 0.15) is 5.75 Å². The number of thiocarbonyl (C=S) groups is 1. The van der Waals surface area contributed by atoms with Crippen molar-refractivity contribution in [2.75, 3.05) is 19.7 Å². The molecule has 0 aliphatic carbocycles. The Morgan fingerprint density at radius 2 is 1.70 bits per heavy atom. The van der Waals surface area contributed by atoms with Gasteiger partial charge in [0.05, 0.1) is 12.6 Å². The fourth-order valence-corrected chi connectivity index (χ4v) is 4.26. The zero-order valence-electron chi connectivity index (χ0n) is 15.6. The SMILES string of the molecule is S=C(NC1CCN(Cc2ccccc2)CC1)N[C@H]1CCOc2ccccc21. The molecule has 1 saturated heterocycles. The fourth-order valence-electron chi connectivity index (χ4n) is 3.95. The van der Waals surface area contributed by atoms with Gasteiger partial charge in [-0.25, -0.2) is 0 Å². The number of piperidine rings is 1. The molecule has 5 heteroatoms. The van der Waals surface area contributed by atoms with Gasteiger partial charge in [0, 0.05) is 37.7 Å². The van der Waals surface area contributed by atoms with E-state index in [0.29, 0.717) is 6.04 Å². The highest BCUT2D eigenvalue weighted by Crippen LogP contribution is 2.31. The first kappa shape index (κ1) is 18.3. The Kier molecular flexibility index (Phi) is 5.90. The molecule has 1 fully saturated rings. The molecule has 0 radical (unpaired) electrons. The quantitative estimate of drug-likeness (QED) is 0.791. The third kappa shape index (κ3) is 4.79. The number of nitrogens with one attached hydrogen (secondary N) is 2. The van der Waals surface area contributed by atoms with Gasteiger partial charge in [0.15, 0.2) is 5.11 Å². The third-order valence-corrected chi connectivity index (χ3v) is 5.67. The molecule has 0 spiro atoms. The van der Waals surface area contributed by atoms with E-state index in [1.807, 2.05) is 12.1 Å². The maximum atomic E-state index is 5.74. The zero-order chi connectivity index (χ0) is 18.5. The minimum atomic E-state index is 0.230. The highest BCUT2D eigenvalue weighted by Gasteiger charge is 2.24. The van der Waals surface area contributed by atoms with Gasteiger partial charge in [-0.05, 0) is 36.7 Å². The van der Waals surface area contributed by atoms with Crippen molar-refractivity contribution in [1.82, 2.24) is 15.5 Å². The van der Waals surface area contributed by atoms with Crippen molar-refractivity contribution in [3.63, 3.8) is 0 Å². The average molecular weight is 382 g/mol. The summed E-state index contributed by atoms with van der Waals surface area (Å²) < 4.78 is 5.74. The second-order valence-electron chi connectivity index (χ2n) is 7.38. The number of benzene rings is 2. The van der Waals surface area contributed by atoms with Crippen LogP contribution in [0.4, 0.5) is 0 Å². The van der Waals surface area contributed by atoms with Crippen LogP contribution in [0.2, 0.25) is 0 Å². The van der Waals surface area contributed by atoms with Crippen LogP contribution in [-0.4, -0.2) is 35.8 Å². The van der Waals surface area contributed by atoms with Crippen LogP contribution in [0.1, 0.15) is 36.4 Å². The Morgan fingerprint density at radius 3 is 2.52 bits per heavy atom. The van der Waals surface area contributed by atoms with Gasteiger partial charge in [-0.2, -0.15) is 0 Å². The van der Waals surface area contributed by atoms with E-state index in [2.05, 4.69) is 58.0 Å². The van der Waals surface area contributed by atoms with Crippen molar-refractivity contribution >= 4 is 17.3 Å². The van der Waals surface area contributed by atoms with Gasteiger partial charge in [0.2, 0.25) is 0 Å². The molecule has 2 aliphatic rings. The number of likely N-dealkylation sites (tertiary alicyclic amines) is 1. The lowest BCUT2D eigenvalue weighted by Gasteiger charge is -2.34. The van der Waals surface area contributed by atoms with E-state index >= 15 is 0 Å². The molecular weight excluding hydrogens is 354 g/mol. The van der Waals surface area contributed by atoms with Crippen molar-refractivity contribution in [2.24, 2.45) is 0 Å². The standard InChI is InChI=1S/C22H27N3OS/c27-22(24-20-12-15-26-21-9-5-4-8-19(20)21)23-18-10-13-25(14-11-18)16-17-6-2-1-3-7-17/h1-9,18,20H,10-16H2,(H2,23,24,27)/t20-/m0/s1. The monoisotopic (exact) mass is 381 g/mol. The summed E-state index contributed by atoms with van der Waals surface area (Å²) in [4.78, 5) is 2.53. The zero-order valence-corrected chi connectivity index (χ0v) is 16.4. The summed E-state index contributed by atoms with van der Waals surface area (Å²) in [5.41, 5.74) is 2.59. The van der Waals surface area contributed by atoms with E-state index < -0.39 is 0 Å². The largest absolute Gasteiger partial charge is 0.493 e. The van der Waals surface area contributed by atoms with Crippen molar-refractivity contribution in [2.45, 2.75) is 37.9 Å². The first-order valence-electron chi connectivity index (χ1n) is 9.83. The van der Waals surface area contributed by atoms with Gasteiger partial charge in [0.25, 0.3) is 0 Å². The van der Waals surface area contributed by atoms with E-state index in [9.17, 15) is 0 Å². The maximum Gasteiger partial charge on any atom is 0.167 e. The molecule has 4 nitrogen and oxygen atoms in total. The lowest BCUT2D eigenvalue weighted by molar-refractivity contribution is 0.198. The molecule has 0 unspecified atom stereocenters. The van der Waals surface area contributed by atoms with Crippen molar-refractivity contribution in [1.29, 1.82) is 0 Å². The molecule has 1 atom stereocenters. The smallest absolute Gasteiger partial charge is 0.167 e. The Morgan fingerprint density at radius 1 is 0.963 bits per heavy atom. The summed E-state index contributed by atoms with van der Waals surface area (Å²) in [7, 11) is 0. The molecule has 0 saturated carbocycles. The lowest BCUT2D eigenvalue weighted by atomic mass is 10.0. The first-order valence-corrected chi connectivity index (χ1v) is 10.2. The molecule has 27 heavy (non-hydrogen) atoms. The van der Waals surface area contributed by atoms with Crippen molar-refractivity contribution in [3.8, 4) is 5.75 Å². The van der Waals surface area contributed by atoms with Gasteiger partial charge in [-0.3, -0.25) is 4.90 Å². The minimum Gasteiger partial charge on any atom is -0.493 e. The molecule has 142 valence electrons. The average Bonchev–Trinajstić information content (AvgIpc) is 2.71. The van der Waals surface area contributed by atoms with Crippen molar-refractivity contribution in [3.05, 3.63) is 65.7 Å². The molecule has 0 aromatic heterocycles. The van der Waals surface area contributed by atoms with E-state index in [1.54, 1.807) is 0 Å². The van der Waals surface area contributed by atoms with E-state index in [1.165, 1.54) is 11.1 Å². The molecule has 2 N–H and O–H groups in total. The van der Waals surface area contributed by atoms with Gasteiger partial charge < -0.3 is 15.4 Å². The van der Waals surface area contributed by atoms with Crippen LogP contribution >= 0.6 is 12.2 Å².